The largest absolute Gasteiger partial charge is 0.354 e. The average Bonchev–Trinajstić information content (AvgIpc) is 2.51. The molecule has 1 aliphatic carbocycles. The molecule has 0 spiro atoms. The Bertz CT molecular complexity index is 153. The predicted molar refractivity (Wildman–Crippen MR) is 50.3 cm³/mol. The first-order chi connectivity index (χ1) is 5.70. The smallest absolute Gasteiger partial charge is 0.223 e. The third-order valence-electron chi connectivity index (χ3n) is 2.28. The topological polar surface area (TPSA) is 29.1 Å². The van der Waals surface area contributed by atoms with Gasteiger partial charge in [0.15, 0.2) is 0 Å². The van der Waals surface area contributed by atoms with Crippen LogP contribution in [0.5, 0.6) is 0 Å². The fraction of sp³-hybridized carbons (Fsp3) is 0.889. The van der Waals surface area contributed by atoms with Gasteiger partial charge in [0.05, 0.1) is 0 Å². The predicted octanol–water partition coefficient (Wildman–Crippen LogP) is 1.92. The molecule has 1 unspecified atom stereocenters. The van der Waals surface area contributed by atoms with E-state index in [1.165, 1.54) is 12.8 Å². The molecule has 1 fully saturated rings. The number of alkyl halides is 1. The van der Waals surface area contributed by atoms with Crippen LogP contribution in [0, 0.1) is 5.92 Å². The highest BCUT2D eigenvalue weighted by molar-refractivity contribution is 6.20. The van der Waals surface area contributed by atoms with Crippen LogP contribution in [0.4, 0.5) is 0 Å². The van der Waals surface area contributed by atoms with Gasteiger partial charge < -0.3 is 5.32 Å². The van der Waals surface area contributed by atoms with Crippen LogP contribution in [-0.2, 0) is 4.79 Å². The van der Waals surface area contributed by atoms with E-state index >= 15 is 0 Å². The lowest BCUT2D eigenvalue weighted by molar-refractivity contribution is -0.124. The Morgan fingerprint density at radius 2 is 2.17 bits per heavy atom. The van der Waals surface area contributed by atoms with E-state index in [0.29, 0.717) is 6.54 Å². The summed E-state index contributed by atoms with van der Waals surface area (Å²) < 4.78 is 0. The van der Waals surface area contributed by atoms with Crippen molar-refractivity contribution in [2.45, 2.75) is 38.0 Å². The van der Waals surface area contributed by atoms with Crippen molar-refractivity contribution < 1.29 is 4.79 Å². The fourth-order valence-electron chi connectivity index (χ4n) is 1.57. The average molecular weight is 190 g/mol. The number of halogens is 1. The third kappa shape index (κ3) is 3.02. The van der Waals surface area contributed by atoms with Gasteiger partial charge in [0, 0.05) is 17.8 Å². The second kappa shape index (κ2) is 4.70. The van der Waals surface area contributed by atoms with Gasteiger partial charge in [-0.05, 0) is 19.8 Å². The molecule has 1 saturated carbocycles. The Labute approximate surface area is 78.7 Å². The molecule has 0 aromatic rings. The molecule has 0 bridgehead atoms. The van der Waals surface area contributed by atoms with Crippen molar-refractivity contribution in [3.63, 3.8) is 0 Å². The number of rotatable bonds is 3. The van der Waals surface area contributed by atoms with Crippen molar-refractivity contribution in [3.05, 3.63) is 0 Å². The maximum absolute atomic E-state index is 11.4. The first-order valence-corrected chi connectivity index (χ1v) is 5.05. The number of hydrogen-bond acceptors (Lipinski definition) is 1. The van der Waals surface area contributed by atoms with Crippen molar-refractivity contribution >= 4 is 17.5 Å². The standard InChI is InChI=1S/C9H16ClNO/c1-7(10)6-11-9(12)8-4-2-3-5-8/h7-8H,2-6H2,1H3,(H,11,12). The molecule has 1 aliphatic rings. The summed E-state index contributed by atoms with van der Waals surface area (Å²) >= 11 is 5.71. The minimum absolute atomic E-state index is 0.0374. The Morgan fingerprint density at radius 3 is 2.67 bits per heavy atom. The van der Waals surface area contributed by atoms with Gasteiger partial charge in [-0.2, -0.15) is 0 Å². The molecule has 1 amide bonds. The molecule has 70 valence electrons. The van der Waals surface area contributed by atoms with Gasteiger partial charge >= 0.3 is 0 Å². The fourth-order valence-corrected chi connectivity index (χ4v) is 1.65. The molecule has 1 N–H and O–H groups in total. The molecule has 0 radical (unpaired) electrons. The van der Waals surface area contributed by atoms with Crippen LogP contribution in [-0.4, -0.2) is 17.8 Å². The van der Waals surface area contributed by atoms with Crippen LogP contribution in [0.25, 0.3) is 0 Å². The van der Waals surface area contributed by atoms with Gasteiger partial charge in [0.25, 0.3) is 0 Å². The number of carbonyl (C=O) groups excluding carboxylic acids is 1. The molecule has 0 saturated heterocycles. The van der Waals surface area contributed by atoms with Gasteiger partial charge in [-0.15, -0.1) is 11.6 Å². The van der Waals surface area contributed by atoms with Crippen LogP contribution in [0.15, 0.2) is 0 Å². The van der Waals surface area contributed by atoms with E-state index in [0.717, 1.165) is 12.8 Å². The lowest BCUT2D eigenvalue weighted by Gasteiger charge is -2.10. The summed E-state index contributed by atoms with van der Waals surface area (Å²) in [6.45, 7) is 2.48. The van der Waals surface area contributed by atoms with E-state index in [1.54, 1.807) is 0 Å². The van der Waals surface area contributed by atoms with Crippen LogP contribution in [0.3, 0.4) is 0 Å². The Hall–Kier alpha value is -0.240. The van der Waals surface area contributed by atoms with E-state index in [2.05, 4.69) is 5.32 Å². The molecular weight excluding hydrogens is 174 g/mol. The zero-order valence-electron chi connectivity index (χ0n) is 7.48. The summed E-state index contributed by atoms with van der Waals surface area (Å²) in [6, 6.07) is 0. The van der Waals surface area contributed by atoms with Gasteiger partial charge in [0.2, 0.25) is 5.91 Å². The van der Waals surface area contributed by atoms with Crippen molar-refractivity contribution in [2.75, 3.05) is 6.54 Å². The summed E-state index contributed by atoms with van der Waals surface area (Å²) in [5, 5.41) is 2.89. The Kier molecular flexibility index (Phi) is 3.86. The monoisotopic (exact) mass is 189 g/mol. The lowest BCUT2D eigenvalue weighted by Crippen LogP contribution is -2.33. The third-order valence-corrected chi connectivity index (χ3v) is 2.44. The molecule has 0 aliphatic heterocycles. The van der Waals surface area contributed by atoms with Crippen molar-refractivity contribution in [3.8, 4) is 0 Å². The highest BCUT2D eigenvalue weighted by Crippen LogP contribution is 2.24. The van der Waals surface area contributed by atoms with Crippen molar-refractivity contribution in [1.82, 2.24) is 5.32 Å². The molecule has 0 heterocycles. The molecule has 1 rings (SSSR count). The minimum Gasteiger partial charge on any atom is -0.354 e. The van der Waals surface area contributed by atoms with E-state index < -0.39 is 0 Å². The summed E-state index contributed by atoms with van der Waals surface area (Å²) in [7, 11) is 0. The second-order valence-electron chi connectivity index (χ2n) is 3.51. The molecule has 2 nitrogen and oxygen atoms in total. The molecule has 0 aromatic carbocycles. The van der Waals surface area contributed by atoms with Gasteiger partial charge in [0.1, 0.15) is 0 Å². The molecule has 0 aromatic heterocycles. The zero-order chi connectivity index (χ0) is 8.97. The maximum Gasteiger partial charge on any atom is 0.223 e. The summed E-state index contributed by atoms with van der Waals surface area (Å²) in [5.74, 6) is 0.459. The normalized spacial score (nSPS) is 20.8. The zero-order valence-corrected chi connectivity index (χ0v) is 8.23. The highest BCUT2D eigenvalue weighted by atomic mass is 35.5. The second-order valence-corrected chi connectivity index (χ2v) is 4.25. The molecule has 12 heavy (non-hydrogen) atoms. The van der Waals surface area contributed by atoms with E-state index in [-0.39, 0.29) is 17.2 Å². The summed E-state index contributed by atoms with van der Waals surface area (Å²) in [6.07, 6.45) is 4.52. The maximum atomic E-state index is 11.4. The summed E-state index contributed by atoms with van der Waals surface area (Å²) in [5.41, 5.74) is 0. The molecule has 3 heteroatoms. The SMILES string of the molecule is CC(Cl)CNC(=O)C1CCCC1. The number of carbonyl (C=O) groups is 1. The number of nitrogens with one attached hydrogen (secondary N) is 1. The lowest BCUT2D eigenvalue weighted by atomic mass is 10.1. The van der Waals surface area contributed by atoms with Crippen LogP contribution in [0.2, 0.25) is 0 Å². The first kappa shape index (κ1) is 9.85. The number of amides is 1. The first-order valence-electron chi connectivity index (χ1n) is 4.62. The Balaban J connectivity index is 2.18. The summed E-state index contributed by atoms with van der Waals surface area (Å²) in [4.78, 5) is 11.4. The van der Waals surface area contributed by atoms with Crippen LogP contribution < -0.4 is 5.32 Å². The highest BCUT2D eigenvalue weighted by Gasteiger charge is 2.22. The number of hydrogen-bond donors (Lipinski definition) is 1. The minimum atomic E-state index is 0.0374. The quantitative estimate of drug-likeness (QED) is 0.676. The van der Waals surface area contributed by atoms with E-state index in [4.69, 9.17) is 11.6 Å². The molecule has 1 atom stereocenters. The van der Waals surface area contributed by atoms with E-state index in [9.17, 15) is 4.79 Å². The van der Waals surface area contributed by atoms with Gasteiger partial charge in [-0.1, -0.05) is 12.8 Å². The van der Waals surface area contributed by atoms with Crippen LogP contribution >= 0.6 is 11.6 Å². The van der Waals surface area contributed by atoms with Crippen molar-refractivity contribution in [2.24, 2.45) is 5.92 Å². The van der Waals surface area contributed by atoms with Gasteiger partial charge in [-0.25, -0.2) is 0 Å². The van der Waals surface area contributed by atoms with E-state index in [1.807, 2.05) is 6.92 Å². The van der Waals surface area contributed by atoms with Gasteiger partial charge in [-0.3, -0.25) is 4.79 Å². The van der Waals surface area contributed by atoms with Crippen LogP contribution in [0.1, 0.15) is 32.6 Å². The van der Waals surface area contributed by atoms with Crippen molar-refractivity contribution in [1.29, 1.82) is 0 Å². The molecular formula is C9H16ClNO. The Morgan fingerprint density at radius 1 is 1.58 bits per heavy atom.